The number of aromatic amines is 1. The van der Waals surface area contributed by atoms with Crippen molar-refractivity contribution in [3.63, 3.8) is 0 Å². The van der Waals surface area contributed by atoms with Crippen LogP contribution >= 0.6 is 11.6 Å². The normalized spacial score (nSPS) is 24.6. The van der Waals surface area contributed by atoms with Gasteiger partial charge in [-0.1, -0.05) is 11.6 Å². The van der Waals surface area contributed by atoms with Crippen LogP contribution in [0.15, 0.2) is 29.1 Å². The maximum absolute atomic E-state index is 12.9. The summed E-state index contributed by atoms with van der Waals surface area (Å²) in [4.78, 5) is 32.8. The second-order valence-electron chi connectivity index (χ2n) is 7.24. The summed E-state index contributed by atoms with van der Waals surface area (Å²) in [6.45, 7) is 2.32. The van der Waals surface area contributed by atoms with Crippen molar-refractivity contribution in [2.24, 2.45) is 0 Å². The lowest BCUT2D eigenvalue weighted by molar-refractivity contribution is -0.146. The van der Waals surface area contributed by atoms with Crippen LogP contribution in [0.2, 0.25) is 5.02 Å². The Labute approximate surface area is 151 Å². The van der Waals surface area contributed by atoms with E-state index in [0.29, 0.717) is 17.0 Å². The molecule has 25 heavy (non-hydrogen) atoms. The first-order chi connectivity index (χ1) is 12.0. The molecule has 6 heteroatoms. The number of H-pyrrole nitrogens is 1. The van der Waals surface area contributed by atoms with Crippen LogP contribution in [-0.4, -0.2) is 46.4 Å². The van der Waals surface area contributed by atoms with Crippen LogP contribution in [0.25, 0.3) is 10.9 Å². The molecule has 132 valence electrons. The van der Waals surface area contributed by atoms with E-state index in [1.807, 2.05) is 18.0 Å². The summed E-state index contributed by atoms with van der Waals surface area (Å²) in [5, 5.41) is 1.15. The molecule has 2 aliphatic heterocycles. The van der Waals surface area contributed by atoms with Crippen molar-refractivity contribution < 1.29 is 4.79 Å². The molecule has 2 fully saturated rings. The molecule has 1 aromatic heterocycles. The minimum Gasteiger partial charge on any atom is -0.357 e. The number of nitrogens with one attached hydrogen (secondary N) is 1. The number of aromatic nitrogens is 1. The van der Waals surface area contributed by atoms with E-state index in [2.05, 4.69) is 9.88 Å². The molecule has 2 saturated heterocycles. The fraction of sp³-hybridized carbons (Fsp3) is 0.474. The highest BCUT2D eigenvalue weighted by atomic mass is 35.5. The highest BCUT2D eigenvalue weighted by Crippen LogP contribution is 2.38. The van der Waals surface area contributed by atoms with Gasteiger partial charge in [0, 0.05) is 47.8 Å². The molecule has 2 aliphatic rings. The molecule has 1 N–H and O–H groups in total. The number of amides is 1. The van der Waals surface area contributed by atoms with E-state index in [-0.39, 0.29) is 11.3 Å². The lowest BCUT2D eigenvalue weighted by Gasteiger charge is -2.43. The van der Waals surface area contributed by atoms with Crippen LogP contribution in [0.3, 0.4) is 0 Å². The van der Waals surface area contributed by atoms with Gasteiger partial charge in [-0.25, -0.2) is 0 Å². The van der Waals surface area contributed by atoms with Gasteiger partial charge in [0.2, 0.25) is 5.91 Å². The van der Waals surface area contributed by atoms with Crippen LogP contribution in [-0.2, 0) is 11.3 Å². The Morgan fingerprint density at radius 2 is 1.92 bits per heavy atom. The number of likely N-dealkylation sites (N-methyl/N-ethyl adjacent to an activating group) is 1. The van der Waals surface area contributed by atoms with Gasteiger partial charge < -0.3 is 9.88 Å². The standard InChI is InChI=1S/C19H22ClN3O2/c1-22-8-2-6-19(18(22)25)7-3-9-23(19)12-14-11-17(24)15-10-13(20)4-5-16(15)21-14/h4-5,10-11H,2-3,6-9,12H2,1H3,(H,21,24). The molecular weight excluding hydrogens is 338 g/mol. The molecule has 1 amide bonds. The average molecular weight is 360 g/mol. The van der Waals surface area contributed by atoms with Crippen molar-refractivity contribution in [1.82, 2.24) is 14.8 Å². The Morgan fingerprint density at radius 1 is 1.16 bits per heavy atom. The lowest BCUT2D eigenvalue weighted by Crippen LogP contribution is -2.58. The number of fused-ring (bicyclic) bond motifs is 1. The Bertz CT molecular complexity index is 894. The molecule has 1 spiro atoms. The van der Waals surface area contributed by atoms with Crippen molar-refractivity contribution in [3.05, 3.63) is 45.2 Å². The lowest BCUT2D eigenvalue weighted by atomic mass is 9.85. The molecule has 1 unspecified atom stereocenters. The minimum absolute atomic E-state index is 0.0356. The van der Waals surface area contributed by atoms with Gasteiger partial charge in [-0.3, -0.25) is 14.5 Å². The van der Waals surface area contributed by atoms with Crippen LogP contribution in [0.4, 0.5) is 0 Å². The summed E-state index contributed by atoms with van der Waals surface area (Å²) in [7, 11) is 1.89. The Hall–Kier alpha value is -1.85. The molecule has 0 bridgehead atoms. The number of carbonyl (C=O) groups excluding carboxylic acids is 1. The van der Waals surface area contributed by atoms with Crippen LogP contribution < -0.4 is 5.43 Å². The monoisotopic (exact) mass is 359 g/mol. The zero-order valence-corrected chi connectivity index (χ0v) is 15.1. The number of hydrogen-bond acceptors (Lipinski definition) is 3. The number of rotatable bonds is 2. The number of piperidine rings is 1. The predicted molar refractivity (Wildman–Crippen MR) is 98.8 cm³/mol. The molecule has 0 aliphatic carbocycles. The number of carbonyl (C=O) groups is 1. The highest BCUT2D eigenvalue weighted by Gasteiger charge is 2.49. The summed E-state index contributed by atoms with van der Waals surface area (Å²) in [5.41, 5.74) is 1.21. The fourth-order valence-electron chi connectivity index (χ4n) is 4.43. The summed E-state index contributed by atoms with van der Waals surface area (Å²) < 4.78 is 0. The smallest absolute Gasteiger partial charge is 0.242 e. The summed E-state index contributed by atoms with van der Waals surface area (Å²) >= 11 is 5.99. The largest absolute Gasteiger partial charge is 0.357 e. The van der Waals surface area contributed by atoms with Gasteiger partial charge in [-0.15, -0.1) is 0 Å². The Balaban J connectivity index is 1.67. The second kappa shape index (κ2) is 6.15. The predicted octanol–water partition coefficient (Wildman–Crippen LogP) is 2.77. The number of benzene rings is 1. The van der Waals surface area contributed by atoms with Gasteiger partial charge in [0.05, 0.1) is 0 Å². The van der Waals surface area contributed by atoms with E-state index in [4.69, 9.17) is 11.6 Å². The Morgan fingerprint density at radius 3 is 2.72 bits per heavy atom. The first-order valence-corrected chi connectivity index (χ1v) is 9.19. The van der Waals surface area contributed by atoms with Crippen LogP contribution in [0.5, 0.6) is 0 Å². The van der Waals surface area contributed by atoms with Crippen LogP contribution in [0.1, 0.15) is 31.4 Å². The third-order valence-electron chi connectivity index (χ3n) is 5.66. The molecule has 1 aromatic carbocycles. The van der Waals surface area contributed by atoms with Crippen molar-refractivity contribution in [2.75, 3.05) is 20.1 Å². The molecule has 0 radical (unpaired) electrons. The van der Waals surface area contributed by atoms with Gasteiger partial charge in [0.15, 0.2) is 5.43 Å². The van der Waals surface area contributed by atoms with E-state index < -0.39 is 5.54 Å². The second-order valence-corrected chi connectivity index (χ2v) is 7.67. The van der Waals surface area contributed by atoms with Gasteiger partial charge in [-0.05, 0) is 50.4 Å². The zero-order valence-electron chi connectivity index (χ0n) is 14.3. The first-order valence-electron chi connectivity index (χ1n) is 8.82. The van der Waals surface area contributed by atoms with E-state index in [1.165, 1.54) is 0 Å². The number of halogens is 1. The first kappa shape index (κ1) is 16.6. The van der Waals surface area contributed by atoms with Crippen molar-refractivity contribution >= 4 is 28.4 Å². The average Bonchev–Trinajstić information content (AvgIpc) is 2.97. The van der Waals surface area contributed by atoms with Gasteiger partial charge in [-0.2, -0.15) is 0 Å². The van der Waals surface area contributed by atoms with Gasteiger partial charge in [0.1, 0.15) is 5.54 Å². The number of nitrogens with zero attached hydrogens (tertiary/aromatic N) is 2. The van der Waals surface area contributed by atoms with E-state index in [0.717, 1.165) is 50.0 Å². The molecule has 1 atom stereocenters. The summed E-state index contributed by atoms with van der Waals surface area (Å²) in [6, 6.07) is 6.95. The SMILES string of the molecule is CN1CCCC2(CCCN2Cc2cc(=O)c3cc(Cl)ccc3[nH]2)C1=O. The molecule has 4 rings (SSSR count). The van der Waals surface area contributed by atoms with Crippen molar-refractivity contribution in [2.45, 2.75) is 37.8 Å². The quantitative estimate of drug-likeness (QED) is 0.897. The molecule has 2 aromatic rings. The Kier molecular flexibility index (Phi) is 4.08. The highest BCUT2D eigenvalue weighted by molar-refractivity contribution is 6.31. The molecule has 0 saturated carbocycles. The molecular formula is C19H22ClN3O2. The topological polar surface area (TPSA) is 56.4 Å². The van der Waals surface area contributed by atoms with E-state index >= 15 is 0 Å². The van der Waals surface area contributed by atoms with E-state index in [1.54, 1.807) is 18.2 Å². The summed E-state index contributed by atoms with van der Waals surface area (Å²) in [6.07, 6.45) is 3.87. The number of pyridine rings is 1. The molecule has 5 nitrogen and oxygen atoms in total. The van der Waals surface area contributed by atoms with Crippen molar-refractivity contribution in [3.8, 4) is 0 Å². The number of hydrogen-bond donors (Lipinski definition) is 1. The number of likely N-dealkylation sites (tertiary alicyclic amines) is 2. The third-order valence-corrected chi connectivity index (χ3v) is 5.90. The summed E-state index contributed by atoms with van der Waals surface area (Å²) in [5.74, 6) is 0.228. The maximum atomic E-state index is 12.9. The maximum Gasteiger partial charge on any atom is 0.242 e. The fourth-order valence-corrected chi connectivity index (χ4v) is 4.60. The third kappa shape index (κ3) is 2.75. The minimum atomic E-state index is -0.390. The van der Waals surface area contributed by atoms with Crippen LogP contribution in [0, 0.1) is 0 Å². The van der Waals surface area contributed by atoms with Gasteiger partial charge >= 0.3 is 0 Å². The molecule has 3 heterocycles. The van der Waals surface area contributed by atoms with Crippen molar-refractivity contribution in [1.29, 1.82) is 0 Å². The van der Waals surface area contributed by atoms with Gasteiger partial charge in [0.25, 0.3) is 0 Å². The van der Waals surface area contributed by atoms with E-state index in [9.17, 15) is 9.59 Å². The zero-order chi connectivity index (χ0) is 17.6.